The van der Waals surface area contributed by atoms with Gasteiger partial charge >= 0.3 is 0 Å². The molecule has 1 aromatic rings. The van der Waals surface area contributed by atoms with E-state index in [1.54, 1.807) is 0 Å². The largest absolute Gasteiger partial charge is 0.493 e. The van der Waals surface area contributed by atoms with E-state index in [1.807, 2.05) is 24.3 Å². The average Bonchev–Trinajstić information content (AvgIpc) is 2.46. The molecule has 0 unspecified atom stereocenters. The second kappa shape index (κ2) is 10.6. The summed E-state index contributed by atoms with van der Waals surface area (Å²) in [6.45, 7) is 5.46. The van der Waals surface area contributed by atoms with Crippen LogP contribution in [0.2, 0.25) is 0 Å². The fourth-order valence-electron chi connectivity index (χ4n) is 1.56. The van der Waals surface area contributed by atoms with Crippen molar-refractivity contribution in [1.29, 1.82) is 0 Å². The molecule has 0 aliphatic heterocycles. The Bertz CT molecular complexity index is 398. The van der Waals surface area contributed by atoms with Crippen molar-refractivity contribution >= 4 is 17.2 Å². The van der Waals surface area contributed by atoms with Crippen LogP contribution in [-0.4, -0.2) is 38.0 Å². The third kappa shape index (κ3) is 7.43. The van der Waals surface area contributed by atoms with Gasteiger partial charge < -0.3 is 19.9 Å². The molecule has 5 heteroatoms. The minimum Gasteiger partial charge on any atom is -0.493 e. The van der Waals surface area contributed by atoms with Gasteiger partial charge in [0.05, 0.1) is 19.8 Å². The van der Waals surface area contributed by atoms with Crippen LogP contribution in [0.15, 0.2) is 24.3 Å². The summed E-state index contributed by atoms with van der Waals surface area (Å²) < 4.78 is 16.4. The molecule has 0 aliphatic rings. The van der Waals surface area contributed by atoms with Crippen LogP contribution in [0.25, 0.3) is 0 Å². The monoisotopic (exact) mass is 297 g/mol. The summed E-state index contributed by atoms with van der Waals surface area (Å²) in [5.41, 5.74) is 6.39. The lowest BCUT2D eigenvalue weighted by Crippen LogP contribution is -2.10. The van der Waals surface area contributed by atoms with Crippen molar-refractivity contribution in [2.24, 2.45) is 5.73 Å². The Morgan fingerprint density at radius 1 is 1.10 bits per heavy atom. The molecule has 0 aliphatic carbocycles. The molecule has 0 bridgehead atoms. The minimum absolute atomic E-state index is 0.380. The quantitative estimate of drug-likeness (QED) is 0.502. The lowest BCUT2D eigenvalue weighted by atomic mass is 10.2. The minimum atomic E-state index is 0.380. The van der Waals surface area contributed by atoms with E-state index in [2.05, 4.69) is 6.92 Å². The molecule has 0 aromatic heterocycles. The smallest absolute Gasteiger partial charge is 0.119 e. The molecule has 112 valence electrons. The van der Waals surface area contributed by atoms with Crippen LogP contribution in [-0.2, 0) is 9.47 Å². The van der Waals surface area contributed by atoms with Crippen LogP contribution < -0.4 is 10.5 Å². The van der Waals surface area contributed by atoms with Crippen molar-refractivity contribution in [2.75, 3.05) is 33.0 Å². The molecule has 0 heterocycles. The first kappa shape index (κ1) is 16.9. The molecular formula is C15H23NO3S. The van der Waals surface area contributed by atoms with Crippen molar-refractivity contribution in [3.05, 3.63) is 29.8 Å². The van der Waals surface area contributed by atoms with E-state index >= 15 is 0 Å². The van der Waals surface area contributed by atoms with E-state index in [4.69, 9.17) is 32.2 Å². The van der Waals surface area contributed by atoms with Crippen LogP contribution in [0.4, 0.5) is 0 Å². The Morgan fingerprint density at radius 3 is 2.55 bits per heavy atom. The van der Waals surface area contributed by atoms with E-state index in [0.717, 1.165) is 30.8 Å². The first-order chi connectivity index (χ1) is 9.74. The molecule has 1 rings (SSSR count). The number of hydrogen-bond acceptors (Lipinski definition) is 4. The van der Waals surface area contributed by atoms with E-state index in [1.165, 1.54) is 0 Å². The molecule has 0 fully saturated rings. The van der Waals surface area contributed by atoms with Crippen LogP contribution >= 0.6 is 12.2 Å². The summed E-state index contributed by atoms with van der Waals surface area (Å²) in [7, 11) is 0. The van der Waals surface area contributed by atoms with Crippen LogP contribution in [0.3, 0.4) is 0 Å². The number of thiocarbonyl (C=S) groups is 1. The lowest BCUT2D eigenvalue weighted by Gasteiger charge is -2.08. The summed E-state index contributed by atoms with van der Waals surface area (Å²) in [5.74, 6) is 0.779. The molecule has 20 heavy (non-hydrogen) atoms. The Labute approximate surface area is 126 Å². The predicted octanol–water partition coefficient (Wildman–Crippen LogP) is 2.53. The van der Waals surface area contributed by atoms with E-state index in [9.17, 15) is 0 Å². The topological polar surface area (TPSA) is 53.7 Å². The number of nitrogens with two attached hydrogens (primary N) is 1. The Balaban J connectivity index is 2.06. The maximum absolute atomic E-state index is 5.62. The number of ether oxygens (including phenoxy) is 3. The Morgan fingerprint density at radius 2 is 1.85 bits per heavy atom. The van der Waals surface area contributed by atoms with Gasteiger partial charge in [-0.15, -0.1) is 0 Å². The summed E-state index contributed by atoms with van der Waals surface area (Å²) in [5, 5.41) is 0. The molecular weight excluding hydrogens is 274 g/mol. The molecule has 0 radical (unpaired) electrons. The second-order valence-electron chi connectivity index (χ2n) is 4.32. The van der Waals surface area contributed by atoms with Gasteiger partial charge in [-0.3, -0.25) is 0 Å². The second-order valence-corrected chi connectivity index (χ2v) is 4.76. The van der Waals surface area contributed by atoms with Gasteiger partial charge in [-0.2, -0.15) is 0 Å². The highest BCUT2D eigenvalue weighted by atomic mass is 32.1. The van der Waals surface area contributed by atoms with Crippen LogP contribution in [0.5, 0.6) is 5.75 Å². The lowest BCUT2D eigenvalue weighted by molar-refractivity contribution is 0.0438. The van der Waals surface area contributed by atoms with E-state index < -0.39 is 0 Å². The predicted molar refractivity (Wildman–Crippen MR) is 84.4 cm³/mol. The fraction of sp³-hybridized carbons (Fsp3) is 0.533. The van der Waals surface area contributed by atoms with Crippen molar-refractivity contribution in [2.45, 2.75) is 19.8 Å². The number of rotatable bonds is 11. The number of benzene rings is 1. The zero-order chi connectivity index (χ0) is 14.6. The first-order valence-corrected chi connectivity index (χ1v) is 7.33. The third-order valence-electron chi connectivity index (χ3n) is 2.54. The molecule has 2 N–H and O–H groups in total. The van der Waals surface area contributed by atoms with Gasteiger partial charge in [-0.05, 0) is 18.6 Å². The Hall–Kier alpha value is -1.17. The van der Waals surface area contributed by atoms with Crippen LogP contribution in [0, 0.1) is 0 Å². The fourth-order valence-corrected chi connectivity index (χ4v) is 1.68. The zero-order valence-electron chi connectivity index (χ0n) is 12.0. The average molecular weight is 297 g/mol. The van der Waals surface area contributed by atoms with Crippen LogP contribution in [0.1, 0.15) is 25.3 Å². The molecule has 0 atom stereocenters. The van der Waals surface area contributed by atoms with E-state index in [-0.39, 0.29) is 0 Å². The van der Waals surface area contributed by atoms with Gasteiger partial charge in [0.2, 0.25) is 0 Å². The van der Waals surface area contributed by atoms with Gasteiger partial charge in [0.1, 0.15) is 10.7 Å². The highest BCUT2D eigenvalue weighted by Crippen LogP contribution is 2.13. The standard InChI is InChI=1S/C15H23NO3S/c1-2-7-17-10-11-18-8-4-9-19-14-6-3-5-13(12-14)15(16)20/h3,5-6,12H,2,4,7-11H2,1H3,(H2,16,20). The number of hydrogen-bond donors (Lipinski definition) is 1. The van der Waals surface area contributed by atoms with Crippen molar-refractivity contribution in [3.63, 3.8) is 0 Å². The summed E-state index contributed by atoms with van der Waals surface area (Å²) in [4.78, 5) is 0.380. The normalized spacial score (nSPS) is 10.4. The SMILES string of the molecule is CCCOCCOCCCOc1cccc(C(N)=S)c1. The van der Waals surface area contributed by atoms with Gasteiger partial charge in [-0.1, -0.05) is 31.3 Å². The molecule has 0 amide bonds. The van der Waals surface area contributed by atoms with Crippen molar-refractivity contribution in [3.8, 4) is 5.75 Å². The molecule has 0 spiro atoms. The summed E-state index contributed by atoms with van der Waals surface area (Å²) >= 11 is 4.93. The zero-order valence-corrected chi connectivity index (χ0v) is 12.8. The van der Waals surface area contributed by atoms with Gasteiger partial charge in [0.15, 0.2) is 0 Å². The van der Waals surface area contributed by atoms with Gasteiger partial charge in [0.25, 0.3) is 0 Å². The molecule has 0 saturated carbocycles. The summed E-state index contributed by atoms with van der Waals surface area (Å²) in [6.07, 6.45) is 1.88. The Kier molecular flexibility index (Phi) is 8.95. The third-order valence-corrected chi connectivity index (χ3v) is 2.78. The molecule has 1 aromatic carbocycles. The van der Waals surface area contributed by atoms with Gasteiger partial charge in [0, 0.05) is 25.2 Å². The van der Waals surface area contributed by atoms with Crippen molar-refractivity contribution < 1.29 is 14.2 Å². The molecule has 4 nitrogen and oxygen atoms in total. The van der Waals surface area contributed by atoms with Crippen molar-refractivity contribution in [1.82, 2.24) is 0 Å². The molecule has 0 saturated heterocycles. The summed E-state index contributed by atoms with van der Waals surface area (Å²) in [6, 6.07) is 7.49. The van der Waals surface area contributed by atoms with E-state index in [0.29, 0.717) is 31.4 Å². The van der Waals surface area contributed by atoms with Gasteiger partial charge in [-0.25, -0.2) is 0 Å². The maximum Gasteiger partial charge on any atom is 0.119 e. The first-order valence-electron chi connectivity index (χ1n) is 6.92. The highest BCUT2D eigenvalue weighted by molar-refractivity contribution is 7.80. The highest BCUT2D eigenvalue weighted by Gasteiger charge is 1.99. The maximum atomic E-state index is 5.62.